The maximum absolute atomic E-state index is 11.9. The Morgan fingerprint density at radius 2 is 1.65 bits per heavy atom. The van der Waals surface area contributed by atoms with Crippen molar-refractivity contribution >= 4 is 5.97 Å². The maximum Gasteiger partial charge on any atom is 0.372 e. The van der Waals surface area contributed by atoms with Gasteiger partial charge in [0.05, 0.1) is 5.69 Å². The summed E-state index contributed by atoms with van der Waals surface area (Å²) in [4.78, 5) is 16.3. The van der Waals surface area contributed by atoms with Crippen molar-refractivity contribution in [3.05, 3.63) is 78.6 Å². The first-order valence-electron chi connectivity index (χ1n) is 7.01. The summed E-state index contributed by atoms with van der Waals surface area (Å²) in [5.74, 6) is 4.83. The van der Waals surface area contributed by atoms with Gasteiger partial charge in [-0.15, -0.1) is 0 Å². The lowest BCUT2D eigenvalue weighted by molar-refractivity contribution is -0.153. The summed E-state index contributed by atoms with van der Waals surface area (Å²) in [6.07, 6.45) is 0.711. The lowest BCUT2D eigenvalue weighted by Gasteiger charge is -2.14. The van der Waals surface area contributed by atoms with Crippen LogP contribution in [0, 0.1) is 0 Å². The molecule has 2 N–H and O–H groups in total. The standard InChI is InChI=1S/C17H15N3O3/c18-23-17(21)16(22-14-9-5-2-6-10-14)15-11-12-20(19-15)13-7-3-1-4-8-13/h1-12,16H,18H2. The van der Waals surface area contributed by atoms with Crippen molar-refractivity contribution in [3.63, 3.8) is 0 Å². The Morgan fingerprint density at radius 3 is 2.30 bits per heavy atom. The highest BCUT2D eigenvalue weighted by atomic mass is 16.7. The fourth-order valence-corrected chi connectivity index (χ4v) is 2.13. The molecule has 1 atom stereocenters. The van der Waals surface area contributed by atoms with E-state index < -0.39 is 12.1 Å². The number of aromatic nitrogens is 2. The smallest absolute Gasteiger partial charge is 0.372 e. The van der Waals surface area contributed by atoms with Gasteiger partial charge in [0.15, 0.2) is 0 Å². The number of para-hydroxylation sites is 2. The first-order chi connectivity index (χ1) is 11.3. The third-order valence-electron chi connectivity index (χ3n) is 3.23. The molecule has 6 heteroatoms. The minimum Gasteiger partial charge on any atom is -0.472 e. The zero-order chi connectivity index (χ0) is 16.1. The van der Waals surface area contributed by atoms with Crippen molar-refractivity contribution in [3.8, 4) is 11.4 Å². The summed E-state index contributed by atoms with van der Waals surface area (Å²) >= 11 is 0. The first kappa shape index (κ1) is 14.8. The van der Waals surface area contributed by atoms with Crippen LogP contribution in [0.15, 0.2) is 72.9 Å². The molecule has 2 aromatic carbocycles. The van der Waals surface area contributed by atoms with E-state index in [0.717, 1.165) is 5.69 Å². The highest BCUT2D eigenvalue weighted by molar-refractivity contribution is 5.76. The van der Waals surface area contributed by atoms with Crippen LogP contribution < -0.4 is 10.6 Å². The predicted molar refractivity (Wildman–Crippen MR) is 83.7 cm³/mol. The van der Waals surface area contributed by atoms with Crippen LogP contribution in [0.1, 0.15) is 11.8 Å². The van der Waals surface area contributed by atoms with Crippen LogP contribution in [0.25, 0.3) is 5.69 Å². The molecule has 1 heterocycles. The minimum atomic E-state index is -1.03. The monoisotopic (exact) mass is 309 g/mol. The van der Waals surface area contributed by atoms with Crippen LogP contribution in [-0.4, -0.2) is 15.7 Å². The van der Waals surface area contributed by atoms with Crippen molar-refractivity contribution < 1.29 is 14.4 Å². The van der Waals surface area contributed by atoms with Gasteiger partial charge in [0.1, 0.15) is 11.4 Å². The van der Waals surface area contributed by atoms with E-state index >= 15 is 0 Å². The van der Waals surface area contributed by atoms with Gasteiger partial charge in [0.2, 0.25) is 6.10 Å². The van der Waals surface area contributed by atoms with E-state index in [1.165, 1.54) is 0 Å². The second kappa shape index (κ2) is 6.76. The van der Waals surface area contributed by atoms with Gasteiger partial charge in [0, 0.05) is 6.20 Å². The van der Waals surface area contributed by atoms with E-state index in [1.54, 1.807) is 29.1 Å². The summed E-state index contributed by atoms with van der Waals surface area (Å²) in [5, 5.41) is 4.38. The second-order valence-corrected chi connectivity index (χ2v) is 4.77. The number of nitrogens with zero attached hydrogens (tertiary/aromatic N) is 2. The zero-order valence-electron chi connectivity index (χ0n) is 12.2. The summed E-state index contributed by atoms with van der Waals surface area (Å²) in [5.41, 5.74) is 1.28. The molecule has 0 saturated heterocycles. The molecule has 3 rings (SSSR count). The molecule has 116 valence electrons. The van der Waals surface area contributed by atoms with Crippen LogP contribution >= 0.6 is 0 Å². The fourth-order valence-electron chi connectivity index (χ4n) is 2.13. The van der Waals surface area contributed by atoms with Gasteiger partial charge < -0.3 is 9.57 Å². The van der Waals surface area contributed by atoms with Crippen LogP contribution in [-0.2, 0) is 9.63 Å². The molecule has 1 aromatic heterocycles. The summed E-state index contributed by atoms with van der Waals surface area (Å²) in [6, 6.07) is 20.2. The number of carbonyl (C=O) groups is 1. The topological polar surface area (TPSA) is 79.4 Å². The minimum absolute atomic E-state index is 0.410. The van der Waals surface area contributed by atoms with Crippen LogP contribution in [0.3, 0.4) is 0 Å². The highest BCUT2D eigenvalue weighted by Crippen LogP contribution is 2.22. The number of ether oxygens (including phenoxy) is 1. The number of benzene rings is 2. The average molecular weight is 309 g/mol. The molecular weight excluding hydrogens is 294 g/mol. The normalized spacial score (nSPS) is 11.7. The number of nitrogens with two attached hydrogens (primary N) is 1. The summed E-state index contributed by atoms with van der Waals surface area (Å²) in [6.45, 7) is 0. The quantitative estimate of drug-likeness (QED) is 0.732. The zero-order valence-corrected chi connectivity index (χ0v) is 12.2. The Morgan fingerprint density at radius 1 is 1.00 bits per heavy atom. The average Bonchev–Trinajstić information content (AvgIpc) is 3.10. The van der Waals surface area contributed by atoms with Crippen LogP contribution in [0.2, 0.25) is 0 Å². The molecule has 0 saturated carbocycles. The van der Waals surface area contributed by atoms with Crippen molar-refractivity contribution in [2.24, 2.45) is 5.90 Å². The van der Waals surface area contributed by atoms with Gasteiger partial charge in [-0.05, 0) is 30.3 Å². The van der Waals surface area contributed by atoms with Gasteiger partial charge in [-0.1, -0.05) is 36.4 Å². The second-order valence-electron chi connectivity index (χ2n) is 4.77. The Balaban J connectivity index is 1.89. The molecular formula is C17H15N3O3. The molecule has 0 radical (unpaired) electrons. The van der Waals surface area contributed by atoms with Crippen molar-refractivity contribution in [2.75, 3.05) is 0 Å². The summed E-state index contributed by atoms with van der Waals surface area (Å²) < 4.78 is 7.33. The van der Waals surface area contributed by atoms with Crippen molar-refractivity contribution in [2.45, 2.75) is 6.10 Å². The molecule has 0 fully saturated rings. The molecule has 0 spiro atoms. The van der Waals surface area contributed by atoms with E-state index in [1.807, 2.05) is 48.5 Å². The first-order valence-corrected chi connectivity index (χ1v) is 7.01. The molecule has 0 amide bonds. The van der Waals surface area contributed by atoms with Gasteiger partial charge in [-0.25, -0.2) is 9.48 Å². The molecule has 23 heavy (non-hydrogen) atoms. The highest BCUT2D eigenvalue weighted by Gasteiger charge is 2.27. The molecule has 0 bridgehead atoms. The Kier molecular flexibility index (Phi) is 4.35. The summed E-state index contributed by atoms with van der Waals surface area (Å²) in [7, 11) is 0. The van der Waals surface area contributed by atoms with Crippen molar-refractivity contribution in [1.29, 1.82) is 0 Å². The molecule has 0 aliphatic carbocycles. The largest absolute Gasteiger partial charge is 0.472 e. The number of rotatable bonds is 5. The predicted octanol–water partition coefficient (Wildman–Crippen LogP) is 2.41. The van der Waals surface area contributed by atoms with E-state index in [2.05, 4.69) is 9.94 Å². The Labute approximate surface area is 133 Å². The SMILES string of the molecule is NOC(=O)C(Oc1ccccc1)c1ccn(-c2ccccc2)n1. The van der Waals surface area contributed by atoms with Crippen LogP contribution in [0.4, 0.5) is 0 Å². The Bertz CT molecular complexity index is 772. The van der Waals surface area contributed by atoms with E-state index in [9.17, 15) is 4.79 Å². The lowest BCUT2D eigenvalue weighted by atomic mass is 10.2. The third kappa shape index (κ3) is 3.38. The Hall–Kier alpha value is -3.12. The molecule has 0 aliphatic heterocycles. The number of carbonyl (C=O) groups excluding carboxylic acids is 1. The van der Waals surface area contributed by atoms with Crippen molar-refractivity contribution in [1.82, 2.24) is 9.78 Å². The number of hydrogen-bond acceptors (Lipinski definition) is 5. The van der Waals surface area contributed by atoms with E-state index in [0.29, 0.717) is 11.4 Å². The van der Waals surface area contributed by atoms with Gasteiger partial charge in [-0.3, -0.25) is 0 Å². The van der Waals surface area contributed by atoms with Gasteiger partial charge in [-0.2, -0.15) is 11.0 Å². The lowest BCUT2D eigenvalue weighted by Crippen LogP contribution is -2.24. The van der Waals surface area contributed by atoms with E-state index in [-0.39, 0.29) is 0 Å². The molecule has 3 aromatic rings. The van der Waals surface area contributed by atoms with Gasteiger partial charge >= 0.3 is 5.97 Å². The van der Waals surface area contributed by atoms with Gasteiger partial charge in [0.25, 0.3) is 0 Å². The maximum atomic E-state index is 11.9. The molecule has 0 aliphatic rings. The third-order valence-corrected chi connectivity index (χ3v) is 3.23. The molecule has 6 nitrogen and oxygen atoms in total. The molecule has 1 unspecified atom stereocenters. The van der Waals surface area contributed by atoms with E-state index in [4.69, 9.17) is 10.6 Å². The number of hydrogen-bond donors (Lipinski definition) is 1. The fraction of sp³-hybridized carbons (Fsp3) is 0.0588. The van der Waals surface area contributed by atoms with Crippen LogP contribution in [0.5, 0.6) is 5.75 Å².